The number of hydrogen-bond acceptors (Lipinski definition) is 8. The van der Waals surface area contributed by atoms with E-state index in [0.717, 1.165) is 22.6 Å². The number of nitrogens with zero attached hydrogens (tertiary/aromatic N) is 3. The summed E-state index contributed by atoms with van der Waals surface area (Å²) in [6.45, 7) is 1.78. The summed E-state index contributed by atoms with van der Waals surface area (Å²) in [4.78, 5) is 22.1. The van der Waals surface area contributed by atoms with Crippen LogP contribution in [-0.4, -0.2) is 35.3 Å². The summed E-state index contributed by atoms with van der Waals surface area (Å²) in [6.07, 6.45) is 0. The lowest BCUT2D eigenvalue weighted by Crippen LogP contribution is -2.22. The molecule has 0 saturated carbocycles. The highest BCUT2D eigenvalue weighted by Crippen LogP contribution is 2.33. The normalized spacial score (nSPS) is 11.4. The maximum Gasteiger partial charge on any atom is 0.239 e. The predicted octanol–water partition coefficient (Wildman–Crippen LogP) is 5.88. The molecule has 2 aromatic heterocycles. The van der Waals surface area contributed by atoms with Gasteiger partial charge in [0.1, 0.15) is 22.6 Å². The molecule has 35 heavy (non-hydrogen) atoms. The third-order valence-electron chi connectivity index (χ3n) is 5.14. The summed E-state index contributed by atoms with van der Waals surface area (Å²) < 4.78 is 10.6. The minimum atomic E-state index is -0.501. The fourth-order valence-corrected chi connectivity index (χ4v) is 4.88. The van der Waals surface area contributed by atoms with E-state index in [9.17, 15) is 10.1 Å². The molecule has 0 aliphatic heterocycles. The molecule has 9 heteroatoms. The molecule has 2 aromatic carbocycles. The average Bonchev–Trinajstić information content (AvgIpc) is 3.36. The molecule has 7 nitrogen and oxygen atoms in total. The molecule has 0 fully saturated rings. The molecule has 1 atom stereocenters. The number of amides is 1. The van der Waals surface area contributed by atoms with Gasteiger partial charge in [0.25, 0.3) is 0 Å². The summed E-state index contributed by atoms with van der Waals surface area (Å²) >= 11 is 2.57. The zero-order chi connectivity index (χ0) is 24.8. The lowest BCUT2D eigenvalue weighted by molar-refractivity contribution is -0.115. The van der Waals surface area contributed by atoms with Gasteiger partial charge in [0.05, 0.1) is 36.4 Å². The van der Waals surface area contributed by atoms with Crippen LogP contribution < -0.4 is 14.8 Å². The second kappa shape index (κ2) is 11.0. The first kappa shape index (κ1) is 24.3. The third kappa shape index (κ3) is 5.62. The van der Waals surface area contributed by atoms with E-state index in [4.69, 9.17) is 9.47 Å². The van der Waals surface area contributed by atoms with Gasteiger partial charge in [-0.05, 0) is 55.5 Å². The number of para-hydroxylation sites is 1. The standard InChI is InChI=1S/C26H22N4O3S2/c1-16(24(31)30-26-29-22(15-34-26)20-6-4-5-7-23(20)33-3)35-25-18(14-27)10-13-21(28-25)17-8-11-19(32-2)12-9-17/h4-13,15-16H,1-3H3,(H,29,30,31). The lowest BCUT2D eigenvalue weighted by atomic mass is 10.1. The SMILES string of the molecule is COc1ccc(-c2ccc(C#N)c(SC(C)C(=O)Nc3nc(-c4ccccc4OC)cs3)n2)cc1. The molecule has 2 heterocycles. The second-order valence-electron chi connectivity index (χ2n) is 7.38. The van der Waals surface area contributed by atoms with Crippen LogP contribution in [0.25, 0.3) is 22.5 Å². The van der Waals surface area contributed by atoms with Crippen molar-refractivity contribution in [1.82, 2.24) is 9.97 Å². The number of pyridine rings is 1. The Balaban J connectivity index is 1.48. The molecule has 0 bridgehead atoms. The van der Waals surface area contributed by atoms with Crippen molar-refractivity contribution in [1.29, 1.82) is 5.26 Å². The molecule has 0 saturated heterocycles. The van der Waals surface area contributed by atoms with Crippen LogP contribution in [0, 0.1) is 11.3 Å². The number of anilines is 1. The first-order valence-corrected chi connectivity index (χ1v) is 12.4. The quantitative estimate of drug-likeness (QED) is 0.301. The number of methoxy groups -OCH3 is 2. The summed E-state index contributed by atoms with van der Waals surface area (Å²) in [7, 11) is 3.22. The Morgan fingerprint density at radius 2 is 1.80 bits per heavy atom. The number of thioether (sulfide) groups is 1. The van der Waals surface area contributed by atoms with E-state index in [1.54, 1.807) is 33.3 Å². The molecule has 176 valence electrons. The summed E-state index contributed by atoms with van der Waals surface area (Å²) in [5.74, 6) is 1.24. The molecule has 4 rings (SSSR count). The van der Waals surface area contributed by atoms with E-state index < -0.39 is 5.25 Å². The van der Waals surface area contributed by atoms with Crippen molar-refractivity contribution < 1.29 is 14.3 Å². The molecular formula is C26H22N4O3S2. The Kier molecular flexibility index (Phi) is 7.65. The smallest absolute Gasteiger partial charge is 0.239 e. The van der Waals surface area contributed by atoms with Crippen molar-refractivity contribution in [3.05, 3.63) is 71.6 Å². The zero-order valence-corrected chi connectivity index (χ0v) is 20.9. The highest BCUT2D eigenvalue weighted by Gasteiger charge is 2.20. The fourth-order valence-electron chi connectivity index (χ4n) is 3.28. The largest absolute Gasteiger partial charge is 0.497 e. The Morgan fingerprint density at radius 3 is 2.51 bits per heavy atom. The molecule has 1 unspecified atom stereocenters. The molecule has 4 aromatic rings. The number of rotatable bonds is 8. The van der Waals surface area contributed by atoms with Crippen LogP contribution in [0.1, 0.15) is 12.5 Å². The Labute approximate surface area is 211 Å². The van der Waals surface area contributed by atoms with E-state index >= 15 is 0 Å². The van der Waals surface area contributed by atoms with Crippen molar-refractivity contribution in [2.75, 3.05) is 19.5 Å². The zero-order valence-electron chi connectivity index (χ0n) is 19.3. The van der Waals surface area contributed by atoms with Gasteiger partial charge in [-0.15, -0.1) is 11.3 Å². The number of nitriles is 1. The number of hydrogen-bond donors (Lipinski definition) is 1. The minimum absolute atomic E-state index is 0.225. The van der Waals surface area contributed by atoms with Crippen LogP contribution in [0.4, 0.5) is 5.13 Å². The number of aromatic nitrogens is 2. The summed E-state index contributed by atoms with van der Waals surface area (Å²) in [6, 6.07) is 20.8. The number of thiazole rings is 1. The van der Waals surface area contributed by atoms with Crippen molar-refractivity contribution >= 4 is 34.1 Å². The summed E-state index contributed by atoms with van der Waals surface area (Å²) in [5.41, 5.74) is 3.60. The number of carbonyl (C=O) groups excluding carboxylic acids is 1. The van der Waals surface area contributed by atoms with E-state index in [-0.39, 0.29) is 5.91 Å². The van der Waals surface area contributed by atoms with E-state index in [2.05, 4.69) is 21.4 Å². The predicted molar refractivity (Wildman–Crippen MR) is 139 cm³/mol. The molecule has 0 aliphatic rings. The monoisotopic (exact) mass is 502 g/mol. The molecule has 0 spiro atoms. The fraction of sp³-hybridized carbons (Fsp3) is 0.154. The number of carbonyl (C=O) groups is 1. The first-order chi connectivity index (χ1) is 17.0. The molecule has 1 amide bonds. The highest BCUT2D eigenvalue weighted by molar-refractivity contribution is 8.00. The van der Waals surface area contributed by atoms with Crippen molar-refractivity contribution in [3.63, 3.8) is 0 Å². The topological polar surface area (TPSA) is 97.1 Å². The van der Waals surface area contributed by atoms with Crippen LogP contribution in [-0.2, 0) is 4.79 Å². The van der Waals surface area contributed by atoms with Crippen LogP contribution in [0.15, 0.2) is 71.1 Å². The van der Waals surface area contributed by atoms with Crippen molar-refractivity contribution in [3.8, 4) is 40.1 Å². The van der Waals surface area contributed by atoms with Crippen LogP contribution >= 0.6 is 23.1 Å². The van der Waals surface area contributed by atoms with Crippen LogP contribution in [0.2, 0.25) is 0 Å². The number of nitrogens with one attached hydrogen (secondary N) is 1. The molecular weight excluding hydrogens is 480 g/mol. The van der Waals surface area contributed by atoms with Gasteiger partial charge in [-0.25, -0.2) is 9.97 Å². The van der Waals surface area contributed by atoms with Gasteiger partial charge in [0.15, 0.2) is 5.13 Å². The molecule has 0 radical (unpaired) electrons. The van der Waals surface area contributed by atoms with Gasteiger partial charge in [-0.3, -0.25) is 4.79 Å². The van der Waals surface area contributed by atoms with Crippen LogP contribution in [0.3, 0.4) is 0 Å². The summed E-state index contributed by atoms with van der Waals surface area (Å²) in [5, 5.41) is 14.8. The Morgan fingerprint density at radius 1 is 1.03 bits per heavy atom. The van der Waals surface area contributed by atoms with E-state index in [0.29, 0.717) is 27.2 Å². The number of ether oxygens (including phenoxy) is 2. The molecule has 0 aliphatic carbocycles. The first-order valence-electron chi connectivity index (χ1n) is 10.6. The van der Waals surface area contributed by atoms with Gasteiger partial charge in [0, 0.05) is 16.5 Å². The Hall–Kier alpha value is -3.87. The van der Waals surface area contributed by atoms with Gasteiger partial charge in [-0.2, -0.15) is 5.26 Å². The lowest BCUT2D eigenvalue weighted by Gasteiger charge is -2.12. The van der Waals surface area contributed by atoms with E-state index in [1.165, 1.54) is 23.1 Å². The average molecular weight is 503 g/mol. The third-order valence-corrected chi connectivity index (χ3v) is 7.00. The number of benzene rings is 2. The van der Waals surface area contributed by atoms with Gasteiger partial charge in [0.2, 0.25) is 5.91 Å². The van der Waals surface area contributed by atoms with Crippen molar-refractivity contribution in [2.24, 2.45) is 0 Å². The van der Waals surface area contributed by atoms with Gasteiger partial charge in [-0.1, -0.05) is 23.9 Å². The second-order valence-corrected chi connectivity index (χ2v) is 9.56. The van der Waals surface area contributed by atoms with Crippen LogP contribution in [0.5, 0.6) is 11.5 Å². The maximum atomic E-state index is 12.9. The Bertz CT molecular complexity index is 1380. The minimum Gasteiger partial charge on any atom is -0.497 e. The molecule has 1 N–H and O–H groups in total. The maximum absolute atomic E-state index is 12.9. The van der Waals surface area contributed by atoms with Crippen molar-refractivity contribution in [2.45, 2.75) is 17.2 Å². The van der Waals surface area contributed by atoms with Gasteiger partial charge < -0.3 is 14.8 Å². The van der Waals surface area contributed by atoms with Gasteiger partial charge >= 0.3 is 0 Å². The van der Waals surface area contributed by atoms with E-state index in [1.807, 2.05) is 53.9 Å². The highest BCUT2D eigenvalue weighted by atomic mass is 32.2.